The second kappa shape index (κ2) is 10.7. The monoisotopic (exact) mass is 466 g/mol. The molecule has 0 saturated carbocycles. The lowest BCUT2D eigenvalue weighted by molar-refractivity contribution is -0.386. The molecular formula is C22H18N4O6S. The highest BCUT2D eigenvalue weighted by Gasteiger charge is 2.23. The first-order valence-corrected chi connectivity index (χ1v) is 10.3. The van der Waals surface area contributed by atoms with Crippen LogP contribution in [0.2, 0.25) is 0 Å². The van der Waals surface area contributed by atoms with Crippen LogP contribution in [0.25, 0.3) is 6.08 Å². The fourth-order valence-corrected chi connectivity index (χ4v) is 3.41. The summed E-state index contributed by atoms with van der Waals surface area (Å²) in [5, 5.41) is 29.3. The van der Waals surface area contributed by atoms with Crippen LogP contribution in [0.1, 0.15) is 20.8 Å². The lowest BCUT2D eigenvalue weighted by atomic mass is 10.1. The van der Waals surface area contributed by atoms with Crippen LogP contribution >= 0.6 is 11.3 Å². The highest BCUT2D eigenvalue weighted by molar-refractivity contribution is 7.10. The molecule has 2 amide bonds. The molecule has 0 spiro atoms. The van der Waals surface area contributed by atoms with E-state index in [1.54, 1.807) is 42.5 Å². The van der Waals surface area contributed by atoms with E-state index >= 15 is 0 Å². The van der Waals surface area contributed by atoms with Crippen molar-refractivity contribution in [3.05, 3.63) is 91.8 Å². The molecule has 168 valence electrons. The number of ether oxygens (including phenoxy) is 1. The number of thiophene rings is 1. The molecule has 3 aromatic rings. The molecule has 2 aromatic carbocycles. The van der Waals surface area contributed by atoms with Crippen molar-refractivity contribution >= 4 is 41.1 Å². The Morgan fingerprint density at radius 3 is 2.55 bits per heavy atom. The summed E-state index contributed by atoms with van der Waals surface area (Å²) >= 11 is 1.36. The van der Waals surface area contributed by atoms with Gasteiger partial charge in [-0.2, -0.15) is 5.10 Å². The minimum Gasteiger partial charge on any atom is -0.504 e. The number of methoxy groups -OCH3 is 1. The van der Waals surface area contributed by atoms with Gasteiger partial charge in [0.05, 0.1) is 23.8 Å². The molecule has 0 aliphatic rings. The summed E-state index contributed by atoms with van der Waals surface area (Å²) < 4.78 is 4.89. The van der Waals surface area contributed by atoms with Crippen molar-refractivity contribution < 1.29 is 24.4 Å². The van der Waals surface area contributed by atoms with E-state index in [0.29, 0.717) is 5.56 Å². The molecule has 3 rings (SSSR count). The smallest absolute Gasteiger partial charge is 0.323 e. The van der Waals surface area contributed by atoms with Gasteiger partial charge in [0.2, 0.25) is 5.75 Å². The zero-order valence-electron chi connectivity index (χ0n) is 17.2. The topological polar surface area (TPSA) is 143 Å². The van der Waals surface area contributed by atoms with E-state index in [0.717, 1.165) is 11.1 Å². The fourth-order valence-electron chi connectivity index (χ4n) is 2.75. The van der Waals surface area contributed by atoms with Crippen molar-refractivity contribution in [1.82, 2.24) is 10.7 Å². The Balaban J connectivity index is 1.83. The van der Waals surface area contributed by atoms with Crippen LogP contribution in [0.15, 0.2) is 70.8 Å². The third-order valence-electron chi connectivity index (χ3n) is 4.26. The first-order chi connectivity index (χ1) is 15.9. The molecule has 0 aliphatic carbocycles. The number of aromatic hydroxyl groups is 1. The molecule has 3 N–H and O–H groups in total. The molecule has 0 aliphatic heterocycles. The highest BCUT2D eigenvalue weighted by atomic mass is 32.1. The Bertz CT molecular complexity index is 1220. The molecule has 1 aromatic heterocycles. The number of nitro benzene ring substituents is 1. The van der Waals surface area contributed by atoms with Crippen LogP contribution in [0, 0.1) is 10.1 Å². The van der Waals surface area contributed by atoms with E-state index in [4.69, 9.17) is 4.74 Å². The summed E-state index contributed by atoms with van der Waals surface area (Å²) in [6.45, 7) is 0. The number of hydrogen-bond acceptors (Lipinski definition) is 8. The van der Waals surface area contributed by atoms with Crippen LogP contribution in [0.5, 0.6) is 11.5 Å². The zero-order chi connectivity index (χ0) is 23.8. The number of phenols is 1. The number of nitrogens with one attached hydrogen (secondary N) is 2. The number of rotatable bonds is 8. The van der Waals surface area contributed by atoms with Crippen molar-refractivity contribution in [1.29, 1.82) is 0 Å². The van der Waals surface area contributed by atoms with Crippen LogP contribution < -0.4 is 15.5 Å². The summed E-state index contributed by atoms with van der Waals surface area (Å²) in [6, 6.07) is 14.4. The minimum absolute atomic E-state index is 0.00735. The van der Waals surface area contributed by atoms with E-state index in [-0.39, 0.29) is 17.0 Å². The van der Waals surface area contributed by atoms with Gasteiger partial charge in [-0.25, -0.2) is 5.43 Å². The van der Waals surface area contributed by atoms with Crippen LogP contribution in [-0.2, 0) is 4.79 Å². The van der Waals surface area contributed by atoms with Gasteiger partial charge in [0.15, 0.2) is 5.75 Å². The minimum atomic E-state index is -0.739. The third kappa shape index (κ3) is 5.80. The summed E-state index contributed by atoms with van der Waals surface area (Å²) in [7, 11) is 1.18. The largest absolute Gasteiger partial charge is 0.504 e. The number of hydrazone groups is 1. The second-order valence-corrected chi connectivity index (χ2v) is 7.38. The highest BCUT2D eigenvalue weighted by Crippen LogP contribution is 2.37. The Kier molecular flexibility index (Phi) is 7.50. The summed E-state index contributed by atoms with van der Waals surface area (Å²) in [5.41, 5.74) is 2.02. The van der Waals surface area contributed by atoms with Gasteiger partial charge < -0.3 is 15.2 Å². The fraction of sp³-hybridized carbons (Fsp3) is 0.0455. The summed E-state index contributed by atoms with van der Waals surface area (Å²) in [6.07, 6.45) is 2.53. The average Bonchev–Trinajstić information content (AvgIpc) is 3.32. The van der Waals surface area contributed by atoms with Gasteiger partial charge in [0, 0.05) is 10.4 Å². The molecule has 0 radical (unpaired) electrons. The maximum atomic E-state index is 12.7. The Labute approximate surface area is 192 Å². The quantitative estimate of drug-likeness (QED) is 0.201. The average molecular weight is 466 g/mol. The summed E-state index contributed by atoms with van der Waals surface area (Å²) in [5.74, 6) is -1.97. The van der Waals surface area contributed by atoms with Gasteiger partial charge >= 0.3 is 5.69 Å². The number of nitro groups is 1. The Morgan fingerprint density at radius 2 is 1.91 bits per heavy atom. The number of carbonyl (C=O) groups is 2. The maximum Gasteiger partial charge on any atom is 0.323 e. The van der Waals surface area contributed by atoms with Gasteiger partial charge in [-0.05, 0) is 41.8 Å². The van der Waals surface area contributed by atoms with Gasteiger partial charge in [-0.3, -0.25) is 19.7 Å². The number of hydrogen-bond donors (Lipinski definition) is 3. The van der Waals surface area contributed by atoms with Crippen LogP contribution in [0.4, 0.5) is 5.69 Å². The number of benzene rings is 2. The van der Waals surface area contributed by atoms with E-state index < -0.39 is 28.2 Å². The number of nitrogens with zero attached hydrogens (tertiary/aromatic N) is 2. The molecule has 33 heavy (non-hydrogen) atoms. The molecule has 0 saturated heterocycles. The van der Waals surface area contributed by atoms with Crippen molar-refractivity contribution in [3.8, 4) is 11.5 Å². The number of phenolic OH excluding ortho intramolecular Hbond substituents is 1. The molecule has 0 bridgehead atoms. The van der Waals surface area contributed by atoms with Gasteiger partial charge in [0.25, 0.3) is 11.8 Å². The van der Waals surface area contributed by atoms with Crippen molar-refractivity contribution in [2.75, 3.05) is 7.11 Å². The predicted molar refractivity (Wildman–Crippen MR) is 123 cm³/mol. The molecule has 10 nitrogen and oxygen atoms in total. The molecular weight excluding hydrogens is 448 g/mol. The predicted octanol–water partition coefficient (Wildman–Crippen LogP) is 3.29. The first-order valence-electron chi connectivity index (χ1n) is 9.40. The second-order valence-electron chi connectivity index (χ2n) is 6.41. The number of amides is 2. The molecule has 1 heterocycles. The first kappa shape index (κ1) is 23.2. The standard InChI is InChI=1S/C22H18N4O6S/c1-32-20-18(27)10-9-15(19(20)26(30)31)13-23-25-22(29)17(12-16-8-5-11-33-16)24-21(28)14-6-3-2-4-7-14/h2-13,27H,1H3,(H,24,28)(H,25,29)/b17-12+,23-13-. The molecule has 11 heteroatoms. The normalized spacial score (nSPS) is 11.2. The third-order valence-corrected chi connectivity index (χ3v) is 5.08. The molecule has 0 unspecified atom stereocenters. The lowest BCUT2D eigenvalue weighted by Gasteiger charge is -2.09. The zero-order valence-corrected chi connectivity index (χ0v) is 18.0. The van der Waals surface area contributed by atoms with Gasteiger partial charge in [-0.15, -0.1) is 11.3 Å². The Hall–Kier alpha value is -4.51. The number of carbonyl (C=O) groups excluding carboxylic acids is 2. The Morgan fingerprint density at radius 1 is 1.15 bits per heavy atom. The van der Waals surface area contributed by atoms with Gasteiger partial charge in [0.1, 0.15) is 5.70 Å². The van der Waals surface area contributed by atoms with Crippen molar-refractivity contribution in [3.63, 3.8) is 0 Å². The van der Waals surface area contributed by atoms with E-state index in [1.165, 1.54) is 36.7 Å². The maximum absolute atomic E-state index is 12.7. The van der Waals surface area contributed by atoms with E-state index in [2.05, 4.69) is 15.8 Å². The van der Waals surface area contributed by atoms with Crippen molar-refractivity contribution in [2.24, 2.45) is 5.10 Å². The molecule has 0 atom stereocenters. The summed E-state index contributed by atoms with van der Waals surface area (Å²) in [4.78, 5) is 36.6. The van der Waals surface area contributed by atoms with Gasteiger partial charge in [-0.1, -0.05) is 24.3 Å². The molecule has 0 fully saturated rings. The van der Waals surface area contributed by atoms with Crippen LogP contribution in [0.3, 0.4) is 0 Å². The van der Waals surface area contributed by atoms with E-state index in [1.807, 2.05) is 5.38 Å². The van der Waals surface area contributed by atoms with Crippen LogP contribution in [-0.4, -0.2) is 35.2 Å². The van der Waals surface area contributed by atoms with Crippen molar-refractivity contribution in [2.45, 2.75) is 0 Å². The SMILES string of the molecule is COc1c(O)ccc(/C=N\NC(=O)/C(=C\c2cccs2)NC(=O)c2ccccc2)c1[N+](=O)[O-]. The van der Waals surface area contributed by atoms with E-state index in [9.17, 15) is 24.8 Å². The lowest BCUT2D eigenvalue weighted by Crippen LogP contribution is -2.32.